The molecular formula is C16H19N5O3S. The molecule has 0 radical (unpaired) electrons. The standard InChI is InChI=1S/C16H19N5O3S/c1-3-8-21-14(19-20-16(21)25-10-13(17)22)9-18-15(23)11-4-6-12(24-2)7-5-11/h3-7H,1,8-10H2,2H3,(H2,17,22)(H,18,23). The van der Waals surface area contributed by atoms with Crippen molar-refractivity contribution in [2.24, 2.45) is 5.73 Å². The van der Waals surface area contributed by atoms with E-state index in [0.717, 1.165) is 0 Å². The fraction of sp³-hybridized carbons (Fsp3) is 0.250. The van der Waals surface area contributed by atoms with Crippen molar-refractivity contribution < 1.29 is 14.3 Å². The lowest BCUT2D eigenvalue weighted by atomic mass is 10.2. The van der Waals surface area contributed by atoms with Gasteiger partial charge in [-0.1, -0.05) is 17.8 Å². The van der Waals surface area contributed by atoms with E-state index in [1.165, 1.54) is 11.8 Å². The van der Waals surface area contributed by atoms with Gasteiger partial charge in [-0.3, -0.25) is 9.59 Å². The van der Waals surface area contributed by atoms with Crippen molar-refractivity contribution in [2.45, 2.75) is 18.2 Å². The Morgan fingerprint density at radius 2 is 2.08 bits per heavy atom. The number of ether oxygens (including phenoxy) is 1. The Balaban J connectivity index is 2.04. The minimum atomic E-state index is -0.437. The molecule has 132 valence electrons. The van der Waals surface area contributed by atoms with Crippen molar-refractivity contribution in [3.63, 3.8) is 0 Å². The molecular weight excluding hydrogens is 342 g/mol. The van der Waals surface area contributed by atoms with Crippen LogP contribution in [0.5, 0.6) is 5.75 Å². The molecule has 2 rings (SSSR count). The molecule has 0 bridgehead atoms. The largest absolute Gasteiger partial charge is 0.497 e. The topological polar surface area (TPSA) is 112 Å². The van der Waals surface area contributed by atoms with Gasteiger partial charge in [0.1, 0.15) is 5.75 Å². The summed E-state index contributed by atoms with van der Waals surface area (Å²) in [6.45, 7) is 4.35. The molecule has 2 aromatic rings. The second kappa shape index (κ2) is 8.88. The predicted molar refractivity (Wildman–Crippen MR) is 94.3 cm³/mol. The zero-order chi connectivity index (χ0) is 18.2. The van der Waals surface area contributed by atoms with Gasteiger partial charge in [0.15, 0.2) is 11.0 Å². The number of amides is 2. The van der Waals surface area contributed by atoms with Gasteiger partial charge < -0.3 is 20.4 Å². The fourth-order valence-corrected chi connectivity index (χ4v) is 2.71. The van der Waals surface area contributed by atoms with Crippen LogP contribution in [0.2, 0.25) is 0 Å². The Hall–Kier alpha value is -2.81. The summed E-state index contributed by atoms with van der Waals surface area (Å²) in [6, 6.07) is 6.79. The summed E-state index contributed by atoms with van der Waals surface area (Å²) in [5.74, 6) is 0.676. The zero-order valence-corrected chi connectivity index (χ0v) is 14.6. The molecule has 8 nitrogen and oxygen atoms in total. The van der Waals surface area contributed by atoms with Gasteiger partial charge in [-0.25, -0.2) is 0 Å². The number of nitrogens with two attached hydrogens (primary N) is 1. The van der Waals surface area contributed by atoms with Crippen LogP contribution in [-0.2, 0) is 17.9 Å². The van der Waals surface area contributed by atoms with E-state index < -0.39 is 5.91 Å². The minimum Gasteiger partial charge on any atom is -0.497 e. The molecule has 3 N–H and O–H groups in total. The summed E-state index contributed by atoms with van der Waals surface area (Å²) >= 11 is 1.19. The quantitative estimate of drug-likeness (QED) is 0.509. The normalized spacial score (nSPS) is 10.3. The third-order valence-electron chi connectivity index (χ3n) is 3.21. The lowest BCUT2D eigenvalue weighted by Crippen LogP contribution is -2.24. The van der Waals surface area contributed by atoms with E-state index >= 15 is 0 Å². The fourth-order valence-electron chi connectivity index (χ4n) is 2.01. The Labute approximate surface area is 149 Å². The number of nitrogens with one attached hydrogen (secondary N) is 1. The lowest BCUT2D eigenvalue weighted by Gasteiger charge is -2.08. The van der Waals surface area contributed by atoms with Crippen LogP contribution in [-0.4, -0.2) is 39.4 Å². The summed E-state index contributed by atoms with van der Waals surface area (Å²) in [4.78, 5) is 23.1. The molecule has 0 unspecified atom stereocenters. The highest BCUT2D eigenvalue weighted by atomic mass is 32.2. The molecule has 1 heterocycles. The van der Waals surface area contributed by atoms with Crippen LogP contribution >= 0.6 is 11.8 Å². The van der Waals surface area contributed by atoms with Gasteiger partial charge in [-0.15, -0.1) is 16.8 Å². The van der Waals surface area contributed by atoms with Gasteiger partial charge in [-0.2, -0.15) is 0 Å². The van der Waals surface area contributed by atoms with Crippen LogP contribution in [0.15, 0.2) is 42.1 Å². The number of nitrogens with zero attached hydrogens (tertiary/aromatic N) is 3. The maximum absolute atomic E-state index is 12.2. The Morgan fingerprint density at radius 1 is 1.36 bits per heavy atom. The van der Waals surface area contributed by atoms with E-state index in [2.05, 4.69) is 22.1 Å². The summed E-state index contributed by atoms with van der Waals surface area (Å²) < 4.78 is 6.84. The van der Waals surface area contributed by atoms with Crippen LogP contribution in [0, 0.1) is 0 Å². The second-order valence-corrected chi connectivity index (χ2v) is 5.91. The van der Waals surface area contributed by atoms with Gasteiger partial charge in [0.2, 0.25) is 5.91 Å². The van der Waals surface area contributed by atoms with E-state index in [-0.39, 0.29) is 18.2 Å². The molecule has 0 fully saturated rings. The zero-order valence-electron chi connectivity index (χ0n) is 13.8. The number of carbonyl (C=O) groups excluding carboxylic acids is 2. The number of carbonyl (C=O) groups is 2. The Bertz CT molecular complexity index is 758. The Kier molecular flexibility index (Phi) is 6.58. The molecule has 9 heteroatoms. The van der Waals surface area contributed by atoms with E-state index in [9.17, 15) is 9.59 Å². The van der Waals surface area contributed by atoms with Crippen LogP contribution in [0.25, 0.3) is 0 Å². The third kappa shape index (κ3) is 5.08. The van der Waals surface area contributed by atoms with Crippen molar-refractivity contribution >= 4 is 23.6 Å². The van der Waals surface area contributed by atoms with Crippen LogP contribution < -0.4 is 15.8 Å². The number of hydrogen-bond acceptors (Lipinski definition) is 6. The van der Waals surface area contributed by atoms with Crippen LogP contribution in [0.1, 0.15) is 16.2 Å². The first kappa shape index (κ1) is 18.5. The van der Waals surface area contributed by atoms with E-state index in [4.69, 9.17) is 10.5 Å². The van der Waals surface area contributed by atoms with Gasteiger partial charge >= 0.3 is 0 Å². The molecule has 0 aliphatic rings. The molecule has 1 aromatic heterocycles. The summed E-state index contributed by atoms with van der Waals surface area (Å²) in [5.41, 5.74) is 5.66. The molecule has 0 atom stereocenters. The number of rotatable bonds is 9. The highest BCUT2D eigenvalue weighted by Gasteiger charge is 2.14. The monoisotopic (exact) mass is 361 g/mol. The number of methoxy groups -OCH3 is 1. The average Bonchev–Trinajstić information content (AvgIpc) is 3.00. The van der Waals surface area contributed by atoms with Crippen molar-refractivity contribution in [2.75, 3.05) is 12.9 Å². The van der Waals surface area contributed by atoms with E-state index in [1.807, 2.05) is 0 Å². The maximum Gasteiger partial charge on any atom is 0.251 e. The van der Waals surface area contributed by atoms with E-state index in [0.29, 0.717) is 28.8 Å². The summed E-state index contributed by atoms with van der Waals surface area (Å²) in [7, 11) is 1.56. The summed E-state index contributed by atoms with van der Waals surface area (Å²) in [5, 5.41) is 11.4. The number of hydrogen-bond donors (Lipinski definition) is 2. The number of allylic oxidation sites excluding steroid dienone is 1. The number of aromatic nitrogens is 3. The molecule has 0 saturated carbocycles. The van der Waals surface area contributed by atoms with Gasteiger partial charge in [0.05, 0.1) is 19.4 Å². The first-order valence-corrected chi connectivity index (χ1v) is 8.40. The van der Waals surface area contributed by atoms with Crippen LogP contribution in [0.3, 0.4) is 0 Å². The third-order valence-corrected chi connectivity index (χ3v) is 4.20. The van der Waals surface area contributed by atoms with Crippen molar-refractivity contribution in [3.8, 4) is 5.75 Å². The molecule has 2 amide bonds. The molecule has 0 saturated heterocycles. The molecule has 0 aliphatic carbocycles. The highest BCUT2D eigenvalue weighted by molar-refractivity contribution is 7.99. The van der Waals surface area contributed by atoms with Crippen molar-refractivity contribution in [1.29, 1.82) is 0 Å². The summed E-state index contributed by atoms with van der Waals surface area (Å²) in [6.07, 6.45) is 1.69. The SMILES string of the molecule is C=CCn1c(CNC(=O)c2ccc(OC)cc2)nnc1SCC(N)=O. The average molecular weight is 361 g/mol. The van der Waals surface area contributed by atoms with Gasteiger partial charge in [-0.05, 0) is 24.3 Å². The highest BCUT2D eigenvalue weighted by Crippen LogP contribution is 2.17. The molecule has 1 aromatic carbocycles. The number of primary amides is 1. The molecule has 0 spiro atoms. The molecule has 25 heavy (non-hydrogen) atoms. The predicted octanol–water partition coefficient (Wildman–Crippen LogP) is 0.980. The lowest BCUT2D eigenvalue weighted by molar-refractivity contribution is -0.115. The van der Waals surface area contributed by atoms with Crippen LogP contribution in [0.4, 0.5) is 0 Å². The second-order valence-electron chi connectivity index (χ2n) is 4.96. The van der Waals surface area contributed by atoms with E-state index in [1.54, 1.807) is 42.0 Å². The van der Waals surface area contributed by atoms with Gasteiger partial charge in [0, 0.05) is 12.1 Å². The maximum atomic E-state index is 12.2. The van der Waals surface area contributed by atoms with Crippen molar-refractivity contribution in [1.82, 2.24) is 20.1 Å². The number of benzene rings is 1. The van der Waals surface area contributed by atoms with Crippen molar-refractivity contribution in [3.05, 3.63) is 48.3 Å². The first-order chi connectivity index (χ1) is 12.0. The molecule has 0 aliphatic heterocycles. The Morgan fingerprint density at radius 3 is 2.68 bits per heavy atom. The van der Waals surface area contributed by atoms with Gasteiger partial charge in [0.25, 0.3) is 5.91 Å². The number of thioether (sulfide) groups is 1. The smallest absolute Gasteiger partial charge is 0.251 e. The first-order valence-electron chi connectivity index (χ1n) is 7.41. The minimum absolute atomic E-state index is 0.105.